The van der Waals surface area contributed by atoms with Crippen molar-refractivity contribution in [3.05, 3.63) is 53.6 Å². The number of carbonyl (C=O) groups is 2. The van der Waals surface area contributed by atoms with Gasteiger partial charge in [0.25, 0.3) is 5.91 Å². The van der Waals surface area contributed by atoms with Crippen LogP contribution in [0.2, 0.25) is 0 Å². The number of anilines is 2. The van der Waals surface area contributed by atoms with E-state index in [4.69, 9.17) is 0 Å². The highest BCUT2D eigenvalue weighted by Gasteiger charge is 2.11. The van der Waals surface area contributed by atoms with Crippen molar-refractivity contribution in [2.45, 2.75) is 26.8 Å². The first kappa shape index (κ1) is 17.9. The monoisotopic (exact) mass is 368 g/mol. The molecule has 3 amide bonds. The third kappa shape index (κ3) is 4.18. The molecule has 2 aromatic carbocycles. The zero-order valence-electron chi connectivity index (χ0n) is 14.8. The molecule has 3 N–H and O–H groups in total. The number of amides is 3. The van der Waals surface area contributed by atoms with Gasteiger partial charge < -0.3 is 10.6 Å². The Balaban J connectivity index is 1.67. The van der Waals surface area contributed by atoms with E-state index < -0.39 is 0 Å². The summed E-state index contributed by atoms with van der Waals surface area (Å²) in [7, 11) is 0. The van der Waals surface area contributed by atoms with Gasteiger partial charge in [-0.1, -0.05) is 23.5 Å². The van der Waals surface area contributed by atoms with Crippen molar-refractivity contribution < 1.29 is 9.59 Å². The zero-order valence-corrected chi connectivity index (χ0v) is 15.6. The molecule has 1 aromatic heterocycles. The molecule has 1 heterocycles. The number of aryl methyl sites for hydroxylation is 1. The summed E-state index contributed by atoms with van der Waals surface area (Å²) in [5.41, 5.74) is 3.10. The molecule has 134 valence electrons. The molecule has 6 nitrogen and oxygen atoms in total. The summed E-state index contributed by atoms with van der Waals surface area (Å²) in [4.78, 5) is 28.6. The minimum atomic E-state index is -0.276. The summed E-state index contributed by atoms with van der Waals surface area (Å²) in [5.74, 6) is -0.236. The van der Waals surface area contributed by atoms with Crippen molar-refractivity contribution in [3.63, 3.8) is 0 Å². The summed E-state index contributed by atoms with van der Waals surface area (Å²) in [6.45, 7) is 5.77. The molecule has 3 rings (SSSR count). The van der Waals surface area contributed by atoms with E-state index in [1.165, 1.54) is 11.3 Å². The van der Waals surface area contributed by atoms with Gasteiger partial charge in [-0.05, 0) is 56.7 Å². The number of aromatic nitrogens is 1. The molecule has 0 aliphatic rings. The number of hydrogen-bond acceptors (Lipinski definition) is 4. The molecular weight excluding hydrogens is 348 g/mol. The standard InChI is InChI=1S/C19H20N4O2S/c1-11(2)20-18(25)21-14-9-7-13(8-10-14)17(24)23-19-22-16-12(3)5-4-6-15(16)26-19/h4-11H,1-3H3,(H2,20,21,25)(H,22,23,24). The Bertz CT molecular complexity index is 948. The highest BCUT2D eigenvalue weighted by Crippen LogP contribution is 2.28. The first-order valence-corrected chi connectivity index (χ1v) is 9.09. The van der Waals surface area contributed by atoms with Gasteiger partial charge in [0.15, 0.2) is 5.13 Å². The quantitative estimate of drug-likeness (QED) is 0.639. The minimum Gasteiger partial charge on any atom is -0.336 e. The van der Waals surface area contributed by atoms with Gasteiger partial charge in [-0.2, -0.15) is 0 Å². The fraction of sp³-hybridized carbons (Fsp3) is 0.211. The highest BCUT2D eigenvalue weighted by atomic mass is 32.1. The normalized spacial score (nSPS) is 10.8. The lowest BCUT2D eigenvalue weighted by atomic mass is 10.2. The van der Waals surface area contributed by atoms with Crippen LogP contribution in [0, 0.1) is 6.92 Å². The molecule has 3 aromatic rings. The fourth-order valence-corrected chi connectivity index (χ4v) is 3.38. The van der Waals surface area contributed by atoms with Crippen molar-refractivity contribution >= 4 is 44.3 Å². The maximum atomic E-state index is 12.4. The lowest BCUT2D eigenvalue weighted by molar-refractivity contribution is 0.102. The molecule has 0 aliphatic heterocycles. The number of nitrogens with zero attached hydrogens (tertiary/aromatic N) is 1. The number of benzene rings is 2. The van der Waals surface area contributed by atoms with Crippen LogP contribution < -0.4 is 16.0 Å². The lowest BCUT2D eigenvalue weighted by Gasteiger charge is -2.10. The number of rotatable bonds is 4. The maximum absolute atomic E-state index is 12.4. The average molecular weight is 368 g/mol. The van der Waals surface area contributed by atoms with Crippen molar-refractivity contribution in [2.75, 3.05) is 10.6 Å². The van der Waals surface area contributed by atoms with Gasteiger partial charge in [-0.3, -0.25) is 10.1 Å². The Labute approximate surface area is 155 Å². The van der Waals surface area contributed by atoms with Gasteiger partial charge in [0.05, 0.1) is 10.2 Å². The number of carbonyl (C=O) groups excluding carboxylic acids is 2. The van der Waals surface area contributed by atoms with Gasteiger partial charge in [0.1, 0.15) is 0 Å². The van der Waals surface area contributed by atoms with Crippen LogP contribution in [0.5, 0.6) is 0 Å². The van der Waals surface area contributed by atoms with Crippen LogP contribution in [-0.2, 0) is 0 Å². The highest BCUT2D eigenvalue weighted by molar-refractivity contribution is 7.22. The van der Waals surface area contributed by atoms with E-state index in [2.05, 4.69) is 20.9 Å². The van der Waals surface area contributed by atoms with Crippen LogP contribution in [0.4, 0.5) is 15.6 Å². The van der Waals surface area contributed by atoms with E-state index in [1.807, 2.05) is 39.0 Å². The predicted molar refractivity (Wildman–Crippen MR) is 106 cm³/mol. The Morgan fingerprint density at radius 2 is 1.77 bits per heavy atom. The molecule has 0 saturated carbocycles. The van der Waals surface area contributed by atoms with Gasteiger partial charge in [-0.15, -0.1) is 0 Å². The zero-order chi connectivity index (χ0) is 18.7. The van der Waals surface area contributed by atoms with Crippen molar-refractivity contribution in [1.29, 1.82) is 0 Å². The van der Waals surface area contributed by atoms with E-state index in [9.17, 15) is 9.59 Å². The van der Waals surface area contributed by atoms with Crippen LogP contribution in [0.1, 0.15) is 29.8 Å². The second-order valence-corrected chi connectivity index (χ2v) is 7.26. The number of fused-ring (bicyclic) bond motifs is 1. The molecule has 26 heavy (non-hydrogen) atoms. The van der Waals surface area contributed by atoms with Crippen LogP contribution in [0.15, 0.2) is 42.5 Å². The molecule has 0 fully saturated rings. The first-order valence-electron chi connectivity index (χ1n) is 8.27. The third-order valence-electron chi connectivity index (χ3n) is 3.67. The molecule has 0 bridgehead atoms. The number of thiazole rings is 1. The van der Waals surface area contributed by atoms with Gasteiger partial charge in [-0.25, -0.2) is 9.78 Å². The van der Waals surface area contributed by atoms with Crippen LogP contribution in [-0.4, -0.2) is 23.0 Å². The molecular formula is C19H20N4O2S. The Hall–Kier alpha value is -2.93. The Morgan fingerprint density at radius 1 is 1.04 bits per heavy atom. The largest absolute Gasteiger partial charge is 0.336 e. The third-order valence-corrected chi connectivity index (χ3v) is 4.60. The van der Waals surface area contributed by atoms with Gasteiger partial charge >= 0.3 is 6.03 Å². The Morgan fingerprint density at radius 3 is 2.42 bits per heavy atom. The fourth-order valence-electron chi connectivity index (χ4n) is 2.44. The van der Waals surface area contributed by atoms with E-state index in [-0.39, 0.29) is 18.0 Å². The van der Waals surface area contributed by atoms with Gasteiger partial charge in [0, 0.05) is 17.3 Å². The molecule has 0 radical (unpaired) electrons. The SMILES string of the molecule is Cc1cccc2sc(NC(=O)c3ccc(NC(=O)NC(C)C)cc3)nc12. The van der Waals surface area contributed by atoms with Crippen LogP contribution in [0.3, 0.4) is 0 Å². The summed E-state index contributed by atoms with van der Waals surface area (Å²) in [6.07, 6.45) is 0. The second kappa shape index (κ2) is 7.53. The number of para-hydroxylation sites is 1. The van der Waals surface area contributed by atoms with Gasteiger partial charge in [0.2, 0.25) is 0 Å². The summed E-state index contributed by atoms with van der Waals surface area (Å²) in [5, 5.41) is 8.86. The average Bonchev–Trinajstić information content (AvgIpc) is 2.98. The van der Waals surface area contributed by atoms with E-state index in [1.54, 1.807) is 24.3 Å². The number of urea groups is 1. The molecule has 0 unspecified atom stereocenters. The molecule has 0 atom stereocenters. The summed E-state index contributed by atoms with van der Waals surface area (Å²) >= 11 is 1.44. The maximum Gasteiger partial charge on any atom is 0.319 e. The van der Waals surface area contributed by atoms with Crippen molar-refractivity contribution in [1.82, 2.24) is 10.3 Å². The summed E-state index contributed by atoms with van der Waals surface area (Å²) in [6, 6.07) is 12.4. The number of hydrogen-bond donors (Lipinski definition) is 3. The first-order chi connectivity index (χ1) is 12.4. The molecule has 0 spiro atoms. The van der Waals surface area contributed by atoms with E-state index >= 15 is 0 Å². The molecule has 0 saturated heterocycles. The topological polar surface area (TPSA) is 83.1 Å². The minimum absolute atomic E-state index is 0.0532. The second-order valence-electron chi connectivity index (χ2n) is 6.23. The Kier molecular flexibility index (Phi) is 5.18. The smallest absolute Gasteiger partial charge is 0.319 e. The lowest BCUT2D eigenvalue weighted by Crippen LogP contribution is -2.34. The molecule has 7 heteroatoms. The van der Waals surface area contributed by atoms with Crippen LogP contribution >= 0.6 is 11.3 Å². The van der Waals surface area contributed by atoms with E-state index in [0.29, 0.717) is 16.4 Å². The van der Waals surface area contributed by atoms with Crippen molar-refractivity contribution in [3.8, 4) is 0 Å². The van der Waals surface area contributed by atoms with E-state index in [0.717, 1.165) is 15.8 Å². The summed E-state index contributed by atoms with van der Waals surface area (Å²) < 4.78 is 1.04. The predicted octanol–water partition coefficient (Wildman–Crippen LogP) is 4.39. The number of nitrogens with one attached hydrogen (secondary N) is 3. The van der Waals surface area contributed by atoms with Crippen molar-refractivity contribution in [2.24, 2.45) is 0 Å². The molecule has 0 aliphatic carbocycles. The van der Waals surface area contributed by atoms with Crippen LogP contribution in [0.25, 0.3) is 10.2 Å².